The molecule has 31 heavy (non-hydrogen) atoms. The Bertz CT molecular complexity index is 985. The van der Waals surface area contributed by atoms with E-state index in [1.165, 1.54) is 11.8 Å². The Balaban J connectivity index is 1.84. The van der Waals surface area contributed by atoms with E-state index in [4.69, 9.17) is 9.72 Å². The summed E-state index contributed by atoms with van der Waals surface area (Å²) in [5.41, 5.74) is 0.516. The molecule has 9 heteroatoms. The van der Waals surface area contributed by atoms with Gasteiger partial charge in [-0.15, -0.1) is 0 Å². The maximum Gasteiger partial charge on any atom is 0.409 e. The average molecular weight is 447 g/mol. The van der Waals surface area contributed by atoms with E-state index < -0.39 is 0 Å². The molecular formula is C22H30N4O4S. The van der Waals surface area contributed by atoms with Gasteiger partial charge in [-0.2, -0.15) is 0 Å². The summed E-state index contributed by atoms with van der Waals surface area (Å²) in [7, 11) is 0. The minimum absolute atomic E-state index is 0.0783. The Kier molecular flexibility index (Phi) is 7.95. The number of fused-ring (bicyclic) bond motifs is 1. The number of hydrogen-bond acceptors (Lipinski definition) is 6. The van der Waals surface area contributed by atoms with E-state index in [0.717, 1.165) is 6.42 Å². The van der Waals surface area contributed by atoms with Gasteiger partial charge in [0.2, 0.25) is 5.91 Å². The van der Waals surface area contributed by atoms with Gasteiger partial charge in [-0.05, 0) is 45.2 Å². The molecule has 1 atom stereocenters. The second-order valence-corrected chi connectivity index (χ2v) is 8.61. The molecule has 3 rings (SSSR count). The zero-order chi connectivity index (χ0) is 22.4. The van der Waals surface area contributed by atoms with Crippen molar-refractivity contribution in [3.63, 3.8) is 0 Å². The summed E-state index contributed by atoms with van der Waals surface area (Å²) >= 11 is 1.28. The van der Waals surface area contributed by atoms with Crippen LogP contribution in [0.3, 0.4) is 0 Å². The number of rotatable bonds is 7. The Morgan fingerprint density at radius 2 is 1.97 bits per heavy atom. The summed E-state index contributed by atoms with van der Waals surface area (Å²) in [5, 5.41) is 4.05. The number of amides is 2. The fraction of sp³-hybridized carbons (Fsp3) is 0.545. The predicted octanol–water partition coefficient (Wildman–Crippen LogP) is 3.20. The first kappa shape index (κ1) is 23.1. The molecular weight excluding hydrogens is 416 g/mol. The summed E-state index contributed by atoms with van der Waals surface area (Å²) in [6.45, 7) is 7.13. The van der Waals surface area contributed by atoms with Crippen LogP contribution in [-0.4, -0.2) is 57.9 Å². The molecule has 1 aliphatic rings. The normalized spacial score (nSPS) is 15.6. The number of nitrogens with zero attached hydrogens (tertiary/aromatic N) is 3. The topological polar surface area (TPSA) is 93.5 Å². The minimum atomic E-state index is -0.318. The van der Waals surface area contributed by atoms with E-state index in [1.807, 2.05) is 32.0 Å². The molecule has 0 aliphatic carbocycles. The average Bonchev–Trinajstić information content (AvgIpc) is 2.78. The van der Waals surface area contributed by atoms with Crippen molar-refractivity contribution in [1.82, 2.24) is 19.8 Å². The number of ether oxygens (including phenoxy) is 1. The Hall–Kier alpha value is -2.55. The van der Waals surface area contributed by atoms with Crippen LogP contribution in [-0.2, 0) is 9.53 Å². The van der Waals surface area contributed by atoms with E-state index in [-0.39, 0.29) is 35.4 Å². The standard InChI is InChI=1S/C22H30N4O4S/c1-4-15(3)23-19(27)14-31-21-24-18-9-7-6-8-17(18)20(28)26(21)16-10-12-25(13-11-16)22(29)30-5-2/h6-9,15-16H,4-5,10-14H2,1-3H3,(H,23,27)/t15-/m1/s1. The van der Waals surface area contributed by atoms with Crippen LogP contribution in [0.4, 0.5) is 4.79 Å². The fourth-order valence-corrected chi connectivity index (χ4v) is 4.50. The Labute approximate surface area is 186 Å². The predicted molar refractivity (Wildman–Crippen MR) is 121 cm³/mol. The van der Waals surface area contributed by atoms with E-state index in [9.17, 15) is 14.4 Å². The van der Waals surface area contributed by atoms with Gasteiger partial charge in [0.05, 0.1) is 23.3 Å². The molecule has 1 N–H and O–H groups in total. The van der Waals surface area contributed by atoms with E-state index in [2.05, 4.69) is 5.32 Å². The van der Waals surface area contributed by atoms with Gasteiger partial charge in [-0.25, -0.2) is 9.78 Å². The van der Waals surface area contributed by atoms with Crippen LogP contribution in [0.2, 0.25) is 0 Å². The van der Waals surface area contributed by atoms with Gasteiger partial charge in [-0.3, -0.25) is 14.2 Å². The van der Waals surface area contributed by atoms with Crippen LogP contribution >= 0.6 is 11.8 Å². The summed E-state index contributed by atoms with van der Waals surface area (Å²) < 4.78 is 6.81. The lowest BCUT2D eigenvalue weighted by atomic mass is 10.0. The molecule has 1 aliphatic heterocycles. The van der Waals surface area contributed by atoms with Gasteiger partial charge >= 0.3 is 6.09 Å². The number of thioether (sulfide) groups is 1. The smallest absolute Gasteiger partial charge is 0.409 e. The van der Waals surface area contributed by atoms with Crippen molar-refractivity contribution in [2.75, 3.05) is 25.4 Å². The largest absolute Gasteiger partial charge is 0.450 e. The third-order valence-corrected chi connectivity index (χ3v) is 6.44. The van der Waals surface area contributed by atoms with E-state index in [1.54, 1.807) is 22.5 Å². The molecule has 0 radical (unpaired) electrons. The second kappa shape index (κ2) is 10.7. The second-order valence-electron chi connectivity index (χ2n) is 7.67. The number of para-hydroxylation sites is 1. The maximum atomic E-state index is 13.3. The third-order valence-electron chi connectivity index (χ3n) is 5.48. The molecule has 168 valence electrons. The molecule has 1 fully saturated rings. The van der Waals surface area contributed by atoms with Crippen LogP contribution in [0.25, 0.3) is 10.9 Å². The quantitative estimate of drug-likeness (QED) is 0.519. The monoisotopic (exact) mass is 446 g/mol. The molecule has 0 bridgehead atoms. The van der Waals surface area contributed by atoms with Crippen LogP contribution < -0.4 is 10.9 Å². The summed E-state index contributed by atoms with van der Waals surface area (Å²) in [6, 6.07) is 7.28. The number of hydrogen-bond donors (Lipinski definition) is 1. The number of piperidine rings is 1. The lowest BCUT2D eigenvalue weighted by molar-refractivity contribution is -0.119. The highest BCUT2D eigenvalue weighted by atomic mass is 32.2. The van der Waals surface area contributed by atoms with Crippen molar-refractivity contribution < 1.29 is 14.3 Å². The third kappa shape index (κ3) is 5.58. The first-order valence-corrected chi connectivity index (χ1v) is 11.8. The maximum absolute atomic E-state index is 13.3. The zero-order valence-corrected chi connectivity index (χ0v) is 19.1. The van der Waals surface area contributed by atoms with Crippen molar-refractivity contribution >= 4 is 34.7 Å². The van der Waals surface area contributed by atoms with Crippen molar-refractivity contribution in [3.8, 4) is 0 Å². The SMILES string of the molecule is CCOC(=O)N1CCC(n2c(SCC(=O)N[C@H](C)CC)nc3ccccc3c2=O)CC1. The number of benzene rings is 1. The van der Waals surface area contributed by atoms with E-state index in [0.29, 0.717) is 48.6 Å². The van der Waals surface area contributed by atoms with Gasteiger partial charge in [-0.1, -0.05) is 30.8 Å². The van der Waals surface area contributed by atoms with E-state index >= 15 is 0 Å². The molecule has 2 aromatic rings. The minimum Gasteiger partial charge on any atom is -0.450 e. The number of nitrogens with one attached hydrogen (secondary N) is 1. The molecule has 1 aromatic carbocycles. The van der Waals surface area contributed by atoms with Gasteiger partial charge in [0.15, 0.2) is 5.16 Å². The van der Waals surface area contributed by atoms with Crippen LogP contribution in [0.15, 0.2) is 34.2 Å². The van der Waals surface area contributed by atoms with Gasteiger partial charge in [0, 0.05) is 25.2 Å². The number of aromatic nitrogens is 2. The van der Waals surface area contributed by atoms with Gasteiger partial charge in [0.1, 0.15) is 0 Å². The van der Waals surface area contributed by atoms with Crippen molar-refractivity contribution in [2.45, 2.75) is 57.3 Å². The van der Waals surface area contributed by atoms with Gasteiger partial charge < -0.3 is 15.0 Å². The zero-order valence-electron chi connectivity index (χ0n) is 18.3. The summed E-state index contributed by atoms with van der Waals surface area (Å²) in [4.78, 5) is 44.0. The molecule has 0 saturated carbocycles. The van der Waals surface area contributed by atoms with Crippen molar-refractivity contribution in [2.24, 2.45) is 0 Å². The van der Waals surface area contributed by atoms with Crippen molar-refractivity contribution in [1.29, 1.82) is 0 Å². The number of carbonyl (C=O) groups is 2. The van der Waals surface area contributed by atoms with Crippen LogP contribution in [0, 0.1) is 0 Å². The molecule has 0 spiro atoms. The number of likely N-dealkylation sites (tertiary alicyclic amines) is 1. The highest BCUT2D eigenvalue weighted by molar-refractivity contribution is 7.99. The highest BCUT2D eigenvalue weighted by Gasteiger charge is 2.27. The molecule has 2 amide bonds. The summed E-state index contributed by atoms with van der Waals surface area (Å²) in [6.07, 6.45) is 1.80. The Morgan fingerprint density at radius 1 is 1.26 bits per heavy atom. The number of carbonyl (C=O) groups excluding carboxylic acids is 2. The Morgan fingerprint density at radius 3 is 2.65 bits per heavy atom. The highest BCUT2D eigenvalue weighted by Crippen LogP contribution is 2.27. The molecule has 1 saturated heterocycles. The van der Waals surface area contributed by atoms with Crippen molar-refractivity contribution in [3.05, 3.63) is 34.6 Å². The first-order valence-electron chi connectivity index (χ1n) is 10.8. The molecule has 2 heterocycles. The van der Waals surface area contributed by atoms with Crippen LogP contribution in [0.5, 0.6) is 0 Å². The first-order chi connectivity index (χ1) is 14.9. The van der Waals surface area contributed by atoms with Gasteiger partial charge in [0.25, 0.3) is 5.56 Å². The molecule has 0 unspecified atom stereocenters. The lowest BCUT2D eigenvalue weighted by Crippen LogP contribution is -2.41. The fourth-order valence-electron chi connectivity index (χ4n) is 3.62. The lowest BCUT2D eigenvalue weighted by Gasteiger charge is -2.33. The molecule has 1 aromatic heterocycles. The van der Waals surface area contributed by atoms with Crippen LogP contribution in [0.1, 0.15) is 46.1 Å². The molecule has 8 nitrogen and oxygen atoms in total. The summed E-state index contributed by atoms with van der Waals surface area (Å²) in [5.74, 6) is 0.113.